The summed E-state index contributed by atoms with van der Waals surface area (Å²) in [5, 5.41) is 0. The second-order valence-corrected chi connectivity index (χ2v) is 6.85. The summed E-state index contributed by atoms with van der Waals surface area (Å²) in [5.41, 5.74) is 5.55. The summed E-state index contributed by atoms with van der Waals surface area (Å²) in [6.45, 7) is 2.69. The molecule has 0 saturated heterocycles. The van der Waals surface area contributed by atoms with E-state index in [9.17, 15) is 4.79 Å². The third kappa shape index (κ3) is 6.82. The van der Waals surface area contributed by atoms with Gasteiger partial charge in [-0.05, 0) is 18.8 Å². The minimum atomic E-state index is -0.405. The van der Waals surface area contributed by atoms with Gasteiger partial charge in [-0.15, -0.1) is 0 Å². The maximum atomic E-state index is 12.2. The molecule has 1 aliphatic carbocycles. The van der Waals surface area contributed by atoms with E-state index in [4.69, 9.17) is 10.5 Å². The van der Waals surface area contributed by atoms with E-state index in [0.29, 0.717) is 12.5 Å². The second kappa shape index (κ2) is 10.2. The first kappa shape index (κ1) is 18.5. The summed E-state index contributed by atoms with van der Waals surface area (Å²) in [4.78, 5) is 12.2. The van der Waals surface area contributed by atoms with E-state index in [-0.39, 0.29) is 5.97 Å². The number of carbonyl (C=O) groups excluding carboxylic acids is 1. The van der Waals surface area contributed by atoms with Crippen LogP contribution in [0.4, 0.5) is 0 Å². The lowest BCUT2D eigenvalue weighted by molar-refractivity contribution is -0.153. The summed E-state index contributed by atoms with van der Waals surface area (Å²) in [6, 6.07) is 0. The number of rotatable bonds is 13. The first-order valence-corrected chi connectivity index (χ1v) is 8.97. The zero-order chi connectivity index (χ0) is 15.6. The van der Waals surface area contributed by atoms with Gasteiger partial charge >= 0.3 is 5.97 Å². The van der Waals surface area contributed by atoms with Gasteiger partial charge in [-0.1, -0.05) is 71.1 Å². The van der Waals surface area contributed by atoms with Crippen LogP contribution in [0.2, 0.25) is 0 Å². The maximum Gasteiger partial charge on any atom is 0.313 e. The van der Waals surface area contributed by atoms with Crippen LogP contribution in [0.5, 0.6) is 0 Å². The van der Waals surface area contributed by atoms with Crippen LogP contribution in [0, 0.1) is 11.3 Å². The molecule has 1 fully saturated rings. The molecule has 3 heteroatoms. The largest absolute Gasteiger partial charge is 0.469 e. The Balaban J connectivity index is 2.24. The van der Waals surface area contributed by atoms with E-state index in [2.05, 4.69) is 6.92 Å². The van der Waals surface area contributed by atoms with Gasteiger partial charge in [-0.2, -0.15) is 0 Å². The molecular formula is C18H35NO2. The van der Waals surface area contributed by atoms with E-state index < -0.39 is 5.41 Å². The Bertz CT molecular complexity index is 289. The van der Waals surface area contributed by atoms with Gasteiger partial charge < -0.3 is 10.5 Å². The molecule has 21 heavy (non-hydrogen) atoms. The molecule has 0 heterocycles. The Morgan fingerprint density at radius 1 is 1.10 bits per heavy atom. The van der Waals surface area contributed by atoms with Crippen molar-refractivity contribution < 1.29 is 9.53 Å². The number of methoxy groups -OCH3 is 1. The predicted molar refractivity (Wildman–Crippen MR) is 88.1 cm³/mol. The molecule has 2 N–H and O–H groups in total. The van der Waals surface area contributed by atoms with Crippen molar-refractivity contribution in [3.05, 3.63) is 0 Å². The molecule has 0 bridgehead atoms. The Morgan fingerprint density at radius 2 is 1.67 bits per heavy atom. The summed E-state index contributed by atoms with van der Waals surface area (Å²) in [5.74, 6) is 0.626. The fourth-order valence-electron chi connectivity index (χ4n) is 3.24. The minimum absolute atomic E-state index is 0.0835. The molecule has 0 amide bonds. The summed E-state index contributed by atoms with van der Waals surface area (Å²) in [6.07, 6.45) is 14.7. The number of unbranched alkanes of at least 4 members (excludes halogenated alkanes) is 7. The summed E-state index contributed by atoms with van der Waals surface area (Å²) >= 11 is 0. The number of carbonyl (C=O) groups is 1. The van der Waals surface area contributed by atoms with E-state index in [0.717, 1.165) is 19.3 Å². The smallest absolute Gasteiger partial charge is 0.313 e. The van der Waals surface area contributed by atoms with Crippen molar-refractivity contribution >= 4 is 5.97 Å². The molecule has 0 aliphatic heterocycles. The fraction of sp³-hybridized carbons (Fsp3) is 0.944. The van der Waals surface area contributed by atoms with Crippen molar-refractivity contribution in [2.45, 2.75) is 84.0 Å². The van der Waals surface area contributed by atoms with E-state index >= 15 is 0 Å². The number of nitrogens with two attached hydrogens (primary N) is 1. The maximum absolute atomic E-state index is 12.2. The molecule has 1 aliphatic rings. The lowest BCUT2D eigenvalue weighted by Gasteiger charge is -2.29. The highest BCUT2D eigenvalue weighted by Crippen LogP contribution is 2.43. The van der Waals surface area contributed by atoms with Crippen LogP contribution in [0.25, 0.3) is 0 Å². The van der Waals surface area contributed by atoms with Gasteiger partial charge in [0.2, 0.25) is 0 Å². The third-order valence-electron chi connectivity index (χ3n) is 4.89. The van der Waals surface area contributed by atoms with Crippen molar-refractivity contribution in [3.8, 4) is 0 Å². The first-order valence-electron chi connectivity index (χ1n) is 8.97. The molecular weight excluding hydrogens is 262 g/mol. The molecule has 3 nitrogen and oxygen atoms in total. The zero-order valence-corrected chi connectivity index (χ0v) is 14.2. The number of hydrogen-bond donors (Lipinski definition) is 1. The molecule has 0 radical (unpaired) electrons. The van der Waals surface area contributed by atoms with Crippen LogP contribution in [0.1, 0.15) is 84.0 Å². The lowest BCUT2D eigenvalue weighted by Crippen LogP contribution is -2.40. The molecule has 0 spiro atoms. The first-order chi connectivity index (χ1) is 10.2. The van der Waals surface area contributed by atoms with Gasteiger partial charge in [0.15, 0.2) is 0 Å². The number of esters is 1. The predicted octanol–water partition coefficient (Wildman–Crippen LogP) is 4.44. The molecule has 0 aromatic heterocycles. The highest BCUT2D eigenvalue weighted by atomic mass is 16.5. The van der Waals surface area contributed by atoms with Crippen molar-refractivity contribution in [2.24, 2.45) is 17.1 Å². The van der Waals surface area contributed by atoms with Crippen LogP contribution in [0.3, 0.4) is 0 Å². The normalized spacial score (nSPS) is 17.5. The quantitative estimate of drug-likeness (QED) is 0.404. The van der Waals surface area contributed by atoms with E-state index in [1.807, 2.05) is 0 Å². The van der Waals surface area contributed by atoms with Crippen LogP contribution in [0.15, 0.2) is 0 Å². The molecule has 1 saturated carbocycles. The van der Waals surface area contributed by atoms with Gasteiger partial charge in [0, 0.05) is 6.54 Å². The minimum Gasteiger partial charge on any atom is -0.469 e. The average molecular weight is 297 g/mol. The Morgan fingerprint density at radius 3 is 2.14 bits per heavy atom. The zero-order valence-electron chi connectivity index (χ0n) is 14.2. The number of ether oxygens (including phenoxy) is 1. The SMILES string of the molecule is CCCCCCCCCCC(CN)(CC1CC1)C(=O)OC. The molecule has 0 aromatic carbocycles. The van der Waals surface area contributed by atoms with E-state index in [1.165, 1.54) is 64.9 Å². The summed E-state index contributed by atoms with van der Waals surface area (Å²) in [7, 11) is 1.49. The Kier molecular flexibility index (Phi) is 8.98. The van der Waals surface area contributed by atoms with Crippen LogP contribution >= 0.6 is 0 Å². The van der Waals surface area contributed by atoms with Crippen molar-refractivity contribution in [3.63, 3.8) is 0 Å². The van der Waals surface area contributed by atoms with Crippen LogP contribution in [-0.4, -0.2) is 19.6 Å². The Hall–Kier alpha value is -0.570. The van der Waals surface area contributed by atoms with Crippen molar-refractivity contribution in [1.82, 2.24) is 0 Å². The molecule has 0 aromatic rings. The van der Waals surface area contributed by atoms with Crippen molar-refractivity contribution in [1.29, 1.82) is 0 Å². The fourth-order valence-corrected chi connectivity index (χ4v) is 3.24. The van der Waals surface area contributed by atoms with Gasteiger partial charge in [-0.25, -0.2) is 0 Å². The highest BCUT2D eigenvalue weighted by molar-refractivity contribution is 5.77. The van der Waals surface area contributed by atoms with E-state index in [1.54, 1.807) is 0 Å². The molecule has 1 unspecified atom stereocenters. The lowest BCUT2D eigenvalue weighted by atomic mass is 9.77. The van der Waals surface area contributed by atoms with Crippen LogP contribution < -0.4 is 5.73 Å². The standard InChI is InChI=1S/C18H35NO2/c1-3-4-5-6-7-8-9-10-13-18(15-19,17(20)21-2)14-16-11-12-16/h16H,3-15,19H2,1-2H3. The molecule has 1 rings (SSSR count). The highest BCUT2D eigenvalue weighted by Gasteiger charge is 2.42. The van der Waals surface area contributed by atoms with Crippen LogP contribution in [-0.2, 0) is 9.53 Å². The Labute approximate surface area is 131 Å². The van der Waals surface area contributed by atoms with Gasteiger partial charge in [-0.3, -0.25) is 4.79 Å². The second-order valence-electron chi connectivity index (χ2n) is 6.85. The number of hydrogen-bond acceptors (Lipinski definition) is 3. The van der Waals surface area contributed by atoms with Crippen molar-refractivity contribution in [2.75, 3.05) is 13.7 Å². The molecule has 1 atom stereocenters. The average Bonchev–Trinajstić information content (AvgIpc) is 3.31. The third-order valence-corrected chi connectivity index (χ3v) is 4.89. The monoisotopic (exact) mass is 297 g/mol. The topological polar surface area (TPSA) is 52.3 Å². The summed E-state index contributed by atoms with van der Waals surface area (Å²) < 4.78 is 5.04. The van der Waals surface area contributed by atoms with Gasteiger partial charge in [0.05, 0.1) is 12.5 Å². The van der Waals surface area contributed by atoms with Gasteiger partial charge in [0.1, 0.15) is 0 Å². The molecule has 124 valence electrons. The van der Waals surface area contributed by atoms with Gasteiger partial charge in [0.25, 0.3) is 0 Å².